The molecule has 1 aliphatic rings. The van der Waals surface area contributed by atoms with Crippen molar-refractivity contribution in [3.8, 4) is 0 Å². The third-order valence-corrected chi connectivity index (χ3v) is 4.03. The van der Waals surface area contributed by atoms with E-state index in [1.54, 1.807) is 6.20 Å². The molecular formula is C15H23N3O3. The lowest BCUT2D eigenvalue weighted by Gasteiger charge is -2.35. The lowest BCUT2D eigenvalue weighted by molar-refractivity contribution is 0.0583. The van der Waals surface area contributed by atoms with Crippen LogP contribution in [0.25, 0.3) is 0 Å². The summed E-state index contributed by atoms with van der Waals surface area (Å²) in [5, 5.41) is 13.2. The second kappa shape index (κ2) is 6.74. The van der Waals surface area contributed by atoms with Crippen LogP contribution in [0.2, 0.25) is 0 Å². The molecule has 2 rings (SSSR count). The number of nitrogens with zero attached hydrogens (tertiary/aromatic N) is 3. The SMILES string of the molecule is CCCC1CCCCN1C(=O)c1cn(CC)nc1C(=O)O. The van der Waals surface area contributed by atoms with Crippen LogP contribution in [0.1, 0.15) is 66.8 Å². The predicted octanol–water partition coefficient (Wildman–Crippen LogP) is 2.40. The molecular weight excluding hydrogens is 270 g/mol. The van der Waals surface area contributed by atoms with E-state index < -0.39 is 5.97 Å². The van der Waals surface area contributed by atoms with Gasteiger partial charge in [0, 0.05) is 25.3 Å². The minimum absolute atomic E-state index is 0.136. The first-order valence-electron chi connectivity index (χ1n) is 7.70. The van der Waals surface area contributed by atoms with Crippen molar-refractivity contribution in [2.45, 2.75) is 58.5 Å². The Hall–Kier alpha value is -1.85. The zero-order chi connectivity index (χ0) is 15.4. The molecule has 0 spiro atoms. The molecule has 0 saturated carbocycles. The molecule has 1 fully saturated rings. The van der Waals surface area contributed by atoms with E-state index in [0.29, 0.717) is 13.1 Å². The number of carboxylic acid groups (broad SMARTS) is 1. The third kappa shape index (κ3) is 3.25. The summed E-state index contributed by atoms with van der Waals surface area (Å²) >= 11 is 0. The van der Waals surface area contributed by atoms with Crippen LogP contribution in [0.5, 0.6) is 0 Å². The molecule has 2 heterocycles. The number of amides is 1. The van der Waals surface area contributed by atoms with Gasteiger partial charge in [0.15, 0.2) is 5.69 Å². The number of aryl methyl sites for hydroxylation is 1. The van der Waals surface area contributed by atoms with Crippen LogP contribution < -0.4 is 0 Å². The van der Waals surface area contributed by atoms with Gasteiger partial charge < -0.3 is 10.0 Å². The number of aromatic nitrogens is 2. The van der Waals surface area contributed by atoms with Gasteiger partial charge in [0.25, 0.3) is 5.91 Å². The molecule has 0 aromatic carbocycles. The molecule has 6 heteroatoms. The van der Waals surface area contributed by atoms with Crippen LogP contribution in [-0.2, 0) is 6.54 Å². The highest BCUT2D eigenvalue weighted by molar-refractivity contribution is 6.03. The van der Waals surface area contributed by atoms with Crippen LogP contribution in [0, 0.1) is 0 Å². The van der Waals surface area contributed by atoms with Crippen molar-refractivity contribution >= 4 is 11.9 Å². The Balaban J connectivity index is 2.29. The van der Waals surface area contributed by atoms with E-state index >= 15 is 0 Å². The smallest absolute Gasteiger partial charge is 0.357 e. The van der Waals surface area contributed by atoms with Gasteiger partial charge >= 0.3 is 5.97 Å². The maximum absolute atomic E-state index is 12.7. The summed E-state index contributed by atoms with van der Waals surface area (Å²) in [4.78, 5) is 25.9. The van der Waals surface area contributed by atoms with Gasteiger partial charge in [0.1, 0.15) is 0 Å². The Morgan fingerprint density at radius 2 is 2.14 bits per heavy atom. The van der Waals surface area contributed by atoms with Crippen LogP contribution in [0.15, 0.2) is 6.20 Å². The first-order chi connectivity index (χ1) is 10.1. The molecule has 1 aromatic rings. The number of rotatable bonds is 5. The maximum Gasteiger partial charge on any atom is 0.357 e. The molecule has 1 amide bonds. The number of aromatic carboxylic acids is 1. The van der Waals surface area contributed by atoms with Crippen LogP contribution in [0.3, 0.4) is 0 Å². The number of hydrogen-bond acceptors (Lipinski definition) is 3. The highest BCUT2D eigenvalue weighted by Gasteiger charge is 2.31. The fraction of sp³-hybridized carbons (Fsp3) is 0.667. The number of carbonyl (C=O) groups is 2. The van der Waals surface area contributed by atoms with Crippen molar-refractivity contribution in [2.24, 2.45) is 0 Å². The van der Waals surface area contributed by atoms with Crippen molar-refractivity contribution in [1.82, 2.24) is 14.7 Å². The van der Waals surface area contributed by atoms with E-state index in [-0.39, 0.29) is 23.2 Å². The van der Waals surface area contributed by atoms with Crippen molar-refractivity contribution in [3.63, 3.8) is 0 Å². The fourth-order valence-corrected chi connectivity index (χ4v) is 2.95. The summed E-state index contributed by atoms with van der Waals surface area (Å²) in [6.45, 7) is 5.23. The normalized spacial score (nSPS) is 18.8. The topological polar surface area (TPSA) is 75.4 Å². The zero-order valence-electron chi connectivity index (χ0n) is 12.7. The standard InChI is InChI=1S/C15H23N3O3/c1-3-7-11-8-5-6-9-18(11)14(19)12-10-17(4-2)16-13(12)15(20)21/h10-11H,3-9H2,1-2H3,(H,20,21). The summed E-state index contributed by atoms with van der Waals surface area (Å²) in [5.74, 6) is -1.33. The molecule has 1 aromatic heterocycles. The van der Waals surface area contributed by atoms with Crippen LogP contribution in [-0.4, -0.2) is 44.3 Å². The summed E-state index contributed by atoms with van der Waals surface area (Å²) in [7, 11) is 0. The lowest BCUT2D eigenvalue weighted by atomic mass is 9.97. The lowest BCUT2D eigenvalue weighted by Crippen LogP contribution is -2.44. The second-order valence-corrected chi connectivity index (χ2v) is 5.49. The van der Waals surface area contributed by atoms with Crippen molar-refractivity contribution in [3.05, 3.63) is 17.5 Å². The van der Waals surface area contributed by atoms with Gasteiger partial charge in [-0.05, 0) is 32.6 Å². The Morgan fingerprint density at radius 3 is 2.76 bits per heavy atom. The predicted molar refractivity (Wildman–Crippen MR) is 78.4 cm³/mol. The molecule has 1 aliphatic heterocycles. The maximum atomic E-state index is 12.7. The van der Waals surface area contributed by atoms with Crippen LogP contribution in [0.4, 0.5) is 0 Å². The van der Waals surface area contributed by atoms with E-state index in [4.69, 9.17) is 0 Å². The summed E-state index contributed by atoms with van der Waals surface area (Å²) in [6.07, 6.45) is 6.67. The molecule has 1 N–H and O–H groups in total. The van der Waals surface area contributed by atoms with Gasteiger partial charge in [0.05, 0.1) is 5.56 Å². The zero-order valence-corrected chi connectivity index (χ0v) is 12.7. The molecule has 0 bridgehead atoms. The van der Waals surface area contributed by atoms with E-state index in [1.165, 1.54) is 4.68 Å². The van der Waals surface area contributed by atoms with E-state index in [1.807, 2.05) is 11.8 Å². The van der Waals surface area contributed by atoms with Crippen molar-refractivity contribution in [2.75, 3.05) is 6.54 Å². The van der Waals surface area contributed by atoms with Gasteiger partial charge in [-0.15, -0.1) is 0 Å². The molecule has 1 saturated heterocycles. The number of carbonyl (C=O) groups excluding carboxylic acids is 1. The number of likely N-dealkylation sites (tertiary alicyclic amines) is 1. The summed E-state index contributed by atoms with van der Waals surface area (Å²) in [5.41, 5.74) is 0.0787. The molecule has 21 heavy (non-hydrogen) atoms. The summed E-state index contributed by atoms with van der Waals surface area (Å²) < 4.78 is 1.51. The highest BCUT2D eigenvalue weighted by Crippen LogP contribution is 2.24. The Morgan fingerprint density at radius 1 is 1.38 bits per heavy atom. The first-order valence-corrected chi connectivity index (χ1v) is 7.70. The average molecular weight is 293 g/mol. The van der Waals surface area contributed by atoms with Crippen LogP contribution >= 0.6 is 0 Å². The van der Waals surface area contributed by atoms with Gasteiger partial charge in [-0.2, -0.15) is 5.10 Å². The minimum Gasteiger partial charge on any atom is -0.476 e. The van der Waals surface area contributed by atoms with Gasteiger partial charge in [-0.3, -0.25) is 9.48 Å². The van der Waals surface area contributed by atoms with Gasteiger partial charge in [0.2, 0.25) is 0 Å². The third-order valence-electron chi connectivity index (χ3n) is 4.03. The molecule has 0 radical (unpaired) electrons. The number of hydrogen-bond donors (Lipinski definition) is 1. The monoisotopic (exact) mass is 293 g/mol. The Labute approximate surface area is 124 Å². The molecule has 1 unspecified atom stereocenters. The molecule has 0 aliphatic carbocycles. The van der Waals surface area contributed by atoms with E-state index in [0.717, 1.165) is 32.1 Å². The Bertz CT molecular complexity index is 522. The molecule has 6 nitrogen and oxygen atoms in total. The molecule has 116 valence electrons. The first kappa shape index (κ1) is 15.5. The molecule has 1 atom stereocenters. The largest absolute Gasteiger partial charge is 0.476 e. The van der Waals surface area contributed by atoms with E-state index in [2.05, 4.69) is 12.0 Å². The fourth-order valence-electron chi connectivity index (χ4n) is 2.95. The van der Waals surface area contributed by atoms with Gasteiger partial charge in [-0.25, -0.2) is 4.79 Å². The number of carboxylic acids is 1. The average Bonchev–Trinajstić information content (AvgIpc) is 2.92. The minimum atomic E-state index is -1.14. The van der Waals surface area contributed by atoms with Crippen molar-refractivity contribution < 1.29 is 14.7 Å². The second-order valence-electron chi connectivity index (χ2n) is 5.49. The van der Waals surface area contributed by atoms with Gasteiger partial charge in [-0.1, -0.05) is 13.3 Å². The number of piperidine rings is 1. The highest BCUT2D eigenvalue weighted by atomic mass is 16.4. The summed E-state index contributed by atoms with van der Waals surface area (Å²) in [6, 6.07) is 0.225. The van der Waals surface area contributed by atoms with Crippen molar-refractivity contribution in [1.29, 1.82) is 0 Å². The Kier molecular flexibility index (Phi) is 4.98. The van der Waals surface area contributed by atoms with E-state index in [9.17, 15) is 14.7 Å². The quantitative estimate of drug-likeness (QED) is 0.904.